The monoisotopic (exact) mass is 260 g/mol. The van der Waals surface area contributed by atoms with Crippen LogP contribution in [0, 0.1) is 12.8 Å². The van der Waals surface area contributed by atoms with Gasteiger partial charge in [0.2, 0.25) is 0 Å². The Bertz CT molecular complexity index is 361. The summed E-state index contributed by atoms with van der Waals surface area (Å²) in [7, 11) is 4.35. The van der Waals surface area contributed by atoms with Crippen LogP contribution in [-0.2, 0) is 6.54 Å². The maximum Gasteiger partial charge on any atom is 0.0233 e. The lowest BCUT2D eigenvalue weighted by atomic mass is 9.93. The number of hydrogen-bond donors (Lipinski definition) is 0. The van der Waals surface area contributed by atoms with Gasteiger partial charge in [-0.25, -0.2) is 0 Å². The predicted octanol–water partition coefficient (Wildman–Crippen LogP) is 3.16. The highest BCUT2D eigenvalue weighted by Crippen LogP contribution is 2.22. The zero-order valence-electron chi connectivity index (χ0n) is 12.7. The third-order valence-electron chi connectivity index (χ3n) is 4.22. The van der Waals surface area contributed by atoms with Crippen molar-refractivity contribution < 1.29 is 0 Å². The Labute approximate surface area is 118 Å². The molecule has 0 atom stereocenters. The van der Waals surface area contributed by atoms with E-state index in [1.54, 1.807) is 0 Å². The summed E-state index contributed by atoms with van der Waals surface area (Å²) >= 11 is 0. The molecule has 0 aromatic heterocycles. The fraction of sp³-hybridized carbons (Fsp3) is 0.647. The summed E-state index contributed by atoms with van der Waals surface area (Å²) in [5, 5.41) is 0. The standard InChI is InChI=1S/C17H28N2/c1-15-4-6-17(7-5-15)14-19-12-9-16(10-13-19)8-11-18(2)3/h4-7,16H,8-14H2,1-3H3. The summed E-state index contributed by atoms with van der Waals surface area (Å²) in [5.41, 5.74) is 2.81. The van der Waals surface area contributed by atoms with E-state index >= 15 is 0 Å². The van der Waals surface area contributed by atoms with Gasteiger partial charge in [0.15, 0.2) is 0 Å². The molecule has 106 valence electrons. The van der Waals surface area contributed by atoms with E-state index in [1.165, 1.54) is 50.0 Å². The second kappa shape index (κ2) is 7.06. The summed E-state index contributed by atoms with van der Waals surface area (Å²) in [6, 6.07) is 8.99. The number of rotatable bonds is 5. The first-order valence-corrected chi connectivity index (χ1v) is 7.56. The fourth-order valence-electron chi connectivity index (χ4n) is 2.83. The fourth-order valence-corrected chi connectivity index (χ4v) is 2.83. The van der Waals surface area contributed by atoms with E-state index in [1.807, 2.05) is 0 Å². The molecule has 1 aromatic carbocycles. The van der Waals surface area contributed by atoms with Crippen LogP contribution in [0.3, 0.4) is 0 Å². The second-order valence-corrected chi connectivity index (χ2v) is 6.30. The zero-order chi connectivity index (χ0) is 13.7. The van der Waals surface area contributed by atoms with Crippen molar-refractivity contribution in [1.29, 1.82) is 0 Å². The van der Waals surface area contributed by atoms with E-state index in [2.05, 4.69) is 55.1 Å². The maximum absolute atomic E-state index is 2.61. The van der Waals surface area contributed by atoms with Crippen molar-refractivity contribution in [3.8, 4) is 0 Å². The van der Waals surface area contributed by atoms with Crippen molar-refractivity contribution in [2.75, 3.05) is 33.7 Å². The van der Waals surface area contributed by atoms with Crippen LogP contribution in [0.2, 0.25) is 0 Å². The lowest BCUT2D eigenvalue weighted by molar-refractivity contribution is 0.166. The molecular formula is C17H28N2. The Balaban J connectivity index is 1.72. The van der Waals surface area contributed by atoms with Crippen LogP contribution >= 0.6 is 0 Å². The van der Waals surface area contributed by atoms with E-state index in [9.17, 15) is 0 Å². The van der Waals surface area contributed by atoms with E-state index in [0.717, 1.165) is 12.5 Å². The van der Waals surface area contributed by atoms with Gasteiger partial charge in [0.25, 0.3) is 0 Å². The lowest BCUT2D eigenvalue weighted by Crippen LogP contribution is -2.34. The molecule has 0 aliphatic carbocycles. The van der Waals surface area contributed by atoms with E-state index in [0.29, 0.717) is 0 Å². The maximum atomic E-state index is 2.61. The minimum absolute atomic E-state index is 0.941. The molecule has 1 fully saturated rings. The van der Waals surface area contributed by atoms with Gasteiger partial charge in [-0.2, -0.15) is 0 Å². The molecule has 1 heterocycles. The predicted molar refractivity (Wildman–Crippen MR) is 82.4 cm³/mol. The minimum atomic E-state index is 0.941. The summed E-state index contributed by atoms with van der Waals surface area (Å²) in [5.74, 6) is 0.941. The van der Waals surface area contributed by atoms with Gasteiger partial charge in [-0.15, -0.1) is 0 Å². The molecule has 2 rings (SSSR count). The van der Waals surface area contributed by atoms with Crippen molar-refractivity contribution in [3.63, 3.8) is 0 Å². The molecule has 0 spiro atoms. The molecular weight excluding hydrogens is 232 g/mol. The summed E-state index contributed by atoms with van der Waals surface area (Å²) in [4.78, 5) is 4.91. The second-order valence-electron chi connectivity index (χ2n) is 6.30. The first-order valence-electron chi connectivity index (χ1n) is 7.56. The van der Waals surface area contributed by atoms with Crippen molar-refractivity contribution in [3.05, 3.63) is 35.4 Å². The molecule has 0 radical (unpaired) electrons. The molecule has 1 aromatic rings. The highest BCUT2D eigenvalue weighted by molar-refractivity contribution is 5.21. The SMILES string of the molecule is Cc1ccc(CN2CCC(CCN(C)C)CC2)cc1. The van der Waals surface area contributed by atoms with E-state index in [4.69, 9.17) is 0 Å². The highest BCUT2D eigenvalue weighted by atomic mass is 15.1. The minimum Gasteiger partial charge on any atom is -0.309 e. The number of likely N-dealkylation sites (tertiary alicyclic amines) is 1. The topological polar surface area (TPSA) is 6.48 Å². The quantitative estimate of drug-likeness (QED) is 0.802. The molecule has 0 bridgehead atoms. The third kappa shape index (κ3) is 4.96. The van der Waals surface area contributed by atoms with Gasteiger partial charge in [-0.3, -0.25) is 4.90 Å². The highest BCUT2D eigenvalue weighted by Gasteiger charge is 2.18. The zero-order valence-corrected chi connectivity index (χ0v) is 12.7. The van der Waals surface area contributed by atoms with E-state index < -0.39 is 0 Å². The smallest absolute Gasteiger partial charge is 0.0233 e. The number of aryl methyl sites for hydroxylation is 1. The Hall–Kier alpha value is -0.860. The Morgan fingerprint density at radius 1 is 1.11 bits per heavy atom. The molecule has 0 amide bonds. The molecule has 1 saturated heterocycles. The van der Waals surface area contributed by atoms with Crippen molar-refractivity contribution in [2.24, 2.45) is 5.92 Å². The number of piperidine rings is 1. The van der Waals surface area contributed by atoms with Crippen LogP contribution in [0.1, 0.15) is 30.4 Å². The van der Waals surface area contributed by atoms with Gasteiger partial charge in [0.05, 0.1) is 0 Å². The molecule has 2 nitrogen and oxygen atoms in total. The summed E-state index contributed by atoms with van der Waals surface area (Å²) in [6.07, 6.45) is 4.12. The number of nitrogens with zero attached hydrogens (tertiary/aromatic N) is 2. The Morgan fingerprint density at radius 2 is 1.74 bits per heavy atom. The first kappa shape index (κ1) is 14.5. The lowest BCUT2D eigenvalue weighted by Gasteiger charge is -2.32. The first-order chi connectivity index (χ1) is 9.13. The van der Waals surface area contributed by atoms with Crippen molar-refractivity contribution in [1.82, 2.24) is 9.80 Å². The molecule has 0 unspecified atom stereocenters. The molecule has 0 saturated carbocycles. The Morgan fingerprint density at radius 3 is 2.32 bits per heavy atom. The van der Waals surface area contributed by atoms with Crippen LogP contribution < -0.4 is 0 Å². The summed E-state index contributed by atoms with van der Waals surface area (Å²) in [6.45, 7) is 7.06. The Kier molecular flexibility index (Phi) is 5.41. The van der Waals surface area contributed by atoms with Gasteiger partial charge in [-0.05, 0) is 71.4 Å². The van der Waals surface area contributed by atoms with Crippen LogP contribution in [0.25, 0.3) is 0 Å². The van der Waals surface area contributed by atoms with E-state index in [-0.39, 0.29) is 0 Å². The van der Waals surface area contributed by atoms with Crippen LogP contribution in [0.15, 0.2) is 24.3 Å². The van der Waals surface area contributed by atoms with Crippen LogP contribution in [-0.4, -0.2) is 43.5 Å². The van der Waals surface area contributed by atoms with Crippen LogP contribution in [0.5, 0.6) is 0 Å². The van der Waals surface area contributed by atoms with Gasteiger partial charge in [-0.1, -0.05) is 29.8 Å². The van der Waals surface area contributed by atoms with Crippen molar-refractivity contribution >= 4 is 0 Å². The molecule has 19 heavy (non-hydrogen) atoms. The largest absolute Gasteiger partial charge is 0.309 e. The van der Waals surface area contributed by atoms with Gasteiger partial charge >= 0.3 is 0 Å². The number of benzene rings is 1. The van der Waals surface area contributed by atoms with Gasteiger partial charge in [0.1, 0.15) is 0 Å². The third-order valence-corrected chi connectivity index (χ3v) is 4.22. The van der Waals surface area contributed by atoms with Crippen molar-refractivity contribution in [2.45, 2.75) is 32.7 Å². The molecule has 0 N–H and O–H groups in total. The van der Waals surface area contributed by atoms with Gasteiger partial charge < -0.3 is 4.90 Å². The molecule has 2 heteroatoms. The van der Waals surface area contributed by atoms with Gasteiger partial charge in [0, 0.05) is 6.54 Å². The summed E-state index contributed by atoms with van der Waals surface area (Å²) < 4.78 is 0. The van der Waals surface area contributed by atoms with Crippen LogP contribution in [0.4, 0.5) is 0 Å². The number of hydrogen-bond acceptors (Lipinski definition) is 2. The normalized spacial score (nSPS) is 18.1. The average molecular weight is 260 g/mol. The molecule has 1 aliphatic heterocycles. The molecule has 1 aliphatic rings. The average Bonchev–Trinajstić information content (AvgIpc) is 2.40.